The van der Waals surface area contributed by atoms with Crippen molar-refractivity contribution in [2.45, 2.75) is 26.6 Å². The fourth-order valence-electron chi connectivity index (χ4n) is 1.69. The van der Waals surface area contributed by atoms with Crippen LogP contribution in [0, 0.1) is 6.92 Å². The first-order chi connectivity index (χ1) is 9.28. The van der Waals surface area contributed by atoms with E-state index >= 15 is 0 Å². The predicted octanol–water partition coefficient (Wildman–Crippen LogP) is 2.06. The maximum atomic E-state index is 11.8. The Kier molecular flexibility index (Phi) is 3.40. The van der Waals surface area contributed by atoms with Crippen LogP contribution in [0.2, 0.25) is 0 Å². The van der Waals surface area contributed by atoms with E-state index in [-0.39, 0.29) is 11.4 Å². The van der Waals surface area contributed by atoms with Crippen molar-refractivity contribution >= 4 is 17.5 Å². The average Bonchev–Trinajstić information content (AvgIpc) is 2.29. The first kappa shape index (κ1) is 13.9. The van der Waals surface area contributed by atoms with Crippen molar-refractivity contribution in [3.8, 4) is 0 Å². The Labute approximate surface area is 116 Å². The topological polar surface area (TPSA) is 94.1 Å². The Hall–Kier alpha value is -2.50. The van der Waals surface area contributed by atoms with E-state index in [4.69, 9.17) is 15.2 Å². The molecule has 6 heteroatoms. The number of hydrogen-bond donors (Lipinski definition) is 2. The van der Waals surface area contributed by atoms with Crippen LogP contribution in [0.4, 0.5) is 5.69 Å². The van der Waals surface area contributed by atoms with Crippen LogP contribution in [-0.2, 0) is 14.3 Å². The number of aryl methyl sites for hydroxylation is 1. The van der Waals surface area contributed by atoms with E-state index in [0.29, 0.717) is 5.69 Å². The lowest BCUT2D eigenvalue weighted by Crippen LogP contribution is -2.40. The van der Waals surface area contributed by atoms with E-state index in [9.17, 15) is 9.90 Å². The summed E-state index contributed by atoms with van der Waals surface area (Å²) in [6.45, 7) is 4.95. The van der Waals surface area contributed by atoms with E-state index in [1.54, 1.807) is 12.1 Å². The molecule has 0 fully saturated rings. The second-order valence-corrected chi connectivity index (χ2v) is 4.90. The molecule has 1 heterocycles. The van der Waals surface area contributed by atoms with Gasteiger partial charge in [0.2, 0.25) is 0 Å². The molecule has 0 aromatic heterocycles. The fourth-order valence-corrected chi connectivity index (χ4v) is 1.69. The minimum absolute atomic E-state index is 0.160. The van der Waals surface area contributed by atoms with Gasteiger partial charge in [-0.25, -0.2) is 9.79 Å². The van der Waals surface area contributed by atoms with Crippen LogP contribution in [0.25, 0.3) is 0 Å². The molecule has 0 amide bonds. The molecule has 1 aliphatic rings. The highest BCUT2D eigenvalue weighted by molar-refractivity contribution is 6.19. The van der Waals surface area contributed by atoms with Crippen LogP contribution >= 0.6 is 0 Å². The summed E-state index contributed by atoms with van der Waals surface area (Å²) in [5, 5.41) is 9.76. The van der Waals surface area contributed by atoms with Gasteiger partial charge in [0.15, 0.2) is 5.57 Å². The second kappa shape index (κ2) is 4.88. The molecular formula is C14H16N2O4. The van der Waals surface area contributed by atoms with Crippen LogP contribution < -0.4 is 5.73 Å². The van der Waals surface area contributed by atoms with Crippen LogP contribution in [0.15, 0.2) is 40.8 Å². The van der Waals surface area contributed by atoms with Gasteiger partial charge >= 0.3 is 5.97 Å². The summed E-state index contributed by atoms with van der Waals surface area (Å²) < 4.78 is 10.1. The molecule has 0 saturated carbocycles. The average molecular weight is 276 g/mol. The number of amidine groups is 1. The third kappa shape index (κ3) is 2.90. The predicted molar refractivity (Wildman–Crippen MR) is 73.4 cm³/mol. The minimum atomic E-state index is -1.23. The van der Waals surface area contributed by atoms with Crippen molar-refractivity contribution in [3.63, 3.8) is 0 Å². The summed E-state index contributed by atoms with van der Waals surface area (Å²) >= 11 is 0. The molecule has 0 aliphatic carbocycles. The zero-order valence-corrected chi connectivity index (χ0v) is 11.5. The summed E-state index contributed by atoms with van der Waals surface area (Å²) in [6.07, 6.45) is 0. The maximum Gasteiger partial charge on any atom is 0.352 e. The largest absolute Gasteiger partial charge is 0.480 e. The zero-order valence-electron chi connectivity index (χ0n) is 11.5. The molecule has 2 rings (SSSR count). The lowest BCUT2D eigenvalue weighted by molar-refractivity contribution is -0.220. The highest BCUT2D eigenvalue weighted by atomic mass is 16.8. The lowest BCUT2D eigenvalue weighted by Gasteiger charge is -2.30. The summed E-state index contributed by atoms with van der Waals surface area (Å²) in [6, 6.07) is 7.22. The van der Waals surface area contributed by atoms with Crippen molar-refractivity contribution in [2.24, 2.45) is 10.7 Å². The molecule has 1 aromatic carbocycles. The zero-order chi connectivity index (χ0) is 14.9. The van der Waals surface area contributed by atoms with E-state index in [1.807, 2.05) is 19.1 Å². The Balaban J connectivity index is 2.35. The monoisotopic (exact) mass is 276 g/mol. The number of rotatable bonds is 2. The number of carbonyl (C=O) groups excluding carboxylic acids is 1. The first-order valence-electron chi connectivity index (χ1n) is 6.05. The van der Waals surface area contributed by atoms with Gasteiger partial charge in [-0.05, 0) is 19.1 Å². The summed E-state index contributed by atoms with van der Waals surface area (Å²) in [4.78, 5) is 15.9. The molecule has 106 valence electrons. The van der Waals surface area contributed by atoms with Crippen LogP contribution in [0.3, 0.4) is 0 Å². The van der Waals surface area contributed by atoms with Crippen molar-refractivity contribution < 1.29 is 19.4 Å². The molecule has 1 aliphatic heterocycles. The Bertz CT molecular complexity index is 600. The Morgan fingerprint density at radius 3 is 2.40 bits per heavy atom. The number of carbonyl (C=O) groups is 1. The molecule has 6 nitrogen and oxygen atoms in total. The maximum absolute atomic E-state index is 11.8. The second-order valence-electron chi connectivity index (χ2n) is 4.90. The molecule has 0 radical (unpaired) electrons. The Morgan fingerprint density at radius 2 is 1.85 bits per heavy atom. The van der Waals surface area contributed by atoms with Crippen LogP contribution in [0.5, 0.6) is 0 Å². The van der Waals surface area contributed by atoms with Gasteiger partial charge in [-0.3, -0.25) is 0 Å². The number of ether oxygens (including phenoxy) is 2. The highest BCUT2D eigenvalue weighted by Gasteiger charge is 2.37. The van der Waals surface area contributed by atoms with E-state index in [0.717, 1.165) is 5.56 Å². The Morgan fingerprint density at radius 1 is 1.25 bits per heavy atom. The van der Waals surface area contributed by atoms with E-state index < -0.39 is 17.7 Å². The SMILES string of the molecule is Cc1ccc(N=C(N)C2=C(O)OC(C)(C)OC2=O)cc1. The standard InChI is InChI=1S/C14H16N2O4/c1-8-4-6-9(7-5-8)16-11(15)10-12(17)19-14(2,3)20-13(10)18/h4-7,17H,1-3H3,(H2,15,16). The van der Waals surface area contributed by atoms with Crippen molar-refractivity contribution in [1.29, 1.82) is 0 Å². The highest BCUT2D eigenvalue weighted by Crippen LogP contribution is 2.26. The van der Waals surface area contributed by atoms with Gasteiger partial charge < -0.3 is 20.3 Å². The van der Waals surface area contributed by atoms with Crippen molar-refractivity contribution in [2.75, 3.05) is 0 Å². The van der Waals surface area contributed by atoms with Gasteiger partial charge in [-0.2, -0.15) is 0 Å². The molecular weight excluding hydrogens is 260 g/mol. The van der Waals surface area contributed by atoms with Crippen LogP contribution in [-0.4, -0.2) is 22.7 Å². The molecule has 0 saturated heterocycles. The molecule has 0 atom stereocenters. The number of cyclic esters (lactones) is 1. The van der Waals surface area contributed by atoms with Gasteiger partial charge in [0, 0.05) is 13.8 Å². The molecule has 0 bridgehead atoms. The summed E-state index contributed by atoms with van der Waals surface area (Å²) in [7, 11) is 0. The minimum Gasteiger partial charge on any atom is -0.480 e. The molecule has 0 unspecified atom stereocenters. The normalized spacial score (nSPS) is 18.6. The van der Waals surface area contributed by atoms with Gasteiger partial charge in [0.05, 0.1) is 5.69 Å². The quantitative estimate of drug-likeness (QED) is 0.490. The number of nitrogens with two attached hydrogens (primary N) is 1. The number of aliphatic imine (C=N–C) groups is 1. The lowest BCUT2D eigenvalue weighted by atomic mass is 10.2. The third-order valence-corrected chi connectivity index (χ3v) is 2.64. The van der Waals surface area contributed by atoms with Gasteiger partial charge in [0.1, 0.15) is 5.84 Å². The summed E-state index contributed by atoms with van der Waals surface area (Å²) in [5.41, 5.74) is 7.10. The number of aliphatic hydroxyl groups excluding tert-OH is 1. The van der Waals surface area contributed by atoms with Crippen molar-refractivity contribution in [1.82, 2.24) is 0 Å². The van der Waals surface area contributed by atoms with Crippen molar-refractivity contribution in [3.05, 3.63) is 41.3 Å². The third-order valence-electron chi connectivity index (χ3n) is 2.64. The molecule has 0 spiro atoms. The number of aliphatic hydroxyl groups is 1. The molecule has 1 aromatic rings. The number of hydrogen-bond acceptors (Lipinski definition) is 5. The van der Waals surface area contributed by atoms with E-state index in [2.05, 4.69) is 4.99 Å². The van der Waals surface area contributed by atoms with E-state index in [1.165, 1.54) is 13.8 Å². The number of esters is 1. The van der Waals surface area contributed by atoms with Gasteiger partial charge in [0.25, 0.3) is 11.7 Å². The first-order valence-corrected chi connectivity index (χ1v) is 6.05. The van der Waals surface area contributed by atoms with Gasteiger partial charge in [-0.1, -0.05) is 17.7 Å². The molecule has 3 N–H and O–H groups in total. The number of nitrogens with zero attached hydrogens (tertiary/aromatic N) is 1. The summed E-state index contributed by atoms with van der Waals surface area (Å²) in [5.74, 6) is -2.74. The van der Waals surface area contributed by atoms with Gasteiger partial charge in [-0.15, -0.1) is 0 Å². The fraction of sp³-hybridized carbons (Fsp3) is 0.286. The smallest absolute Gasteiger partial charge is 0.352 e. The molecule has 20 heavy (non-hydrogen) atoms. The van der Waals surface area contributed by atoms with Crippen LogP contribution in [0.1, 0.15) is 19.4 Å². The number of benzene rings is 1.